The molecule has 0 aromatic carbocycles. The molecule has 1 aromatic heterocycles. The fourth-order valence-electron chi connectivity index (χ4n) is 1.33. The monoisotopic (exact) mass is 234 g/mol. The molecule has 1 heterocycles. The van der Waals surface area contributed by atoms with E-state index in [1.807, 2.05) is 18.9 Å². The molecule has 0 aliphatic rings. The average molecular weight is 234 g/mol. The van der Waals surface area contributed by atoms with Crippen LogP contribution in [0.25, 0.3) is 0 Å². The number of aromatic nitrogens is 2. The van der Waals surface area contributed by atoms with Crippen molar-refractivity contribution in [2.45, 2.75) is 13.5 Å². The van der Waals surface area contributed by atoms with Gasteiger partial charge in [-0.15, -0.1) is 6.42 Å². The maximum absolute atomic E-state index is 11.7. The third-order valence-corrected chi connectivity index (χ3v) is 2.50. The first kappa shape index (κ1) is 13.3. The Bertz CT molecular complexity index is 447. The minimum Gasteiger partial charge on any atom is -0.373 e. The highest BCUT2D eigenvalue weighted by molar-refractivity contribution is 5.41. The fraction of sp³-hybridized carbons (Fsp3) is 0.500. The molecule has 0 aliphatic heterocycles. The van der Waals surface area contributed by atoms with E-state index >= 15 is 0 Å². The van der Waals surface area contributed by atoms with Gasteiger partial charge in [0.1, 0.15) is 0 Å². The van der Waals surface area contributed by atoms with Crippen molar-refractivity contribution in [3.63, 3.8) is 0 Å². The molecule has 0 amide bonds. The lowest BCUT2D eigenvalue weighted by Gasteiger charge is -2.16. The van der Waals surface area contributed by atoms with Crippen molar-refractivity contribution >= 4 is 5.69 Å². The van der Waals surface area contributed by atoms with Gasteiger partial charge in [0, 0.05) is 26.2 Å². The second kappa shape index (κ2) is 6.71. The zero-order valence-corrected chi connectivity index (χ0v) is 10.3. The van der Waals surface area contributed by atoms with E-state index in [0.29, 0.717) is 19.6 Å². The van der Waals surface area contributed by atoms with E-state index in [1.54, 1.807) is 12.3 Å². The molecular weight excluding hydrogens is 216 g/mol. The van der Waals surface area contributed by atoms with Crippen LogP contribution in [0.2, 0.25) is 0 Å². The summed E-state index contributed by atoms with van der Waals surface area (Å²) in [4.78, 5) is 13.7. The lowest BCUT2D eigenvalue weighted by atomic mass is 10.4. The van der Waals surface area contributed by atoms with Crippen molar-refractivity contribution in [1.82, 2.24) is 15.1 Å². The van der Waals surface area contributed by atoms with Crippen molar-refractivity contribution in [1.29, 1.82) is 0 Å². The maximum atomic E-state index is 11.7. The molecule has 0 spiro atoms. The van der Waals surface area contributed by atoms with Crippen LogP contribution in [-0.2, 0) is 6.54 Å². The zero-order valence-electron chi connectivity index (χ0n) is 10.3. The number of hydrogen-bond acceptors (Lipinski definition) is 4. The second-order valence-corrected chi connectivity index (χ2v) is 3.67. The molecule has 0 saturated heterocycles. The van der Waals surface area contributed by atoms with Crippen molar-refractivity contribution in [2.24, 2.45) is 0 Å². The van der Waals surface area contributed by atoms with Crippen molar-refractivity contribution in [3.05, 3.63) is 22.6 Å². The van der Waals surface area contributed by atoms with Gasteiger partial charge >= 0.3 is 0 Å². The fourth-order valence-corrected chi connectivity index (χ4v) is 1.33. The standard InChI is InChI=1S/C12H18N4O/c1-4-6-13-7-8-16-12(17)9-11(10-14-16)15(3)5-2/h1,9-10,13H,5-8H2,2-3H3. The maximum Gasteiger partial charge on any atom is 0.268 e. The van der Waals surface area contributed by atoms with E-state index < -0.39 is 0 Å². The molecule has 1 aromatic rings. The summed E-state index contributed by atoms with van der Waals surface area (Å²) in [6.07, 6.45) is 6.80. The van der Waals surface area contributed by atoms with Gasteiger partial charge in [-0.1, -0.05) is 5.92 Å². The topological polar surface area (TPSA) is 50.2 Å². The van der Waals surface area contributed by atoms with Crippen LogP contribution in [0.1, 0.15) is 6.92 Å². The third kappa shape index (κ3) is 3.93. The predicted molar refractivity (Wildman–Crippen MR) is 69.1 cm³/mol. The molecule has 0 atom stereocenters. The summed E-state index contributed by atoms with van der Waals surface area (Å²) >= 11 is 0. The minimum absolute atomic E-state index is 0.0923. The Morgan fingerprint density at radius 3 is 3.00 bits per heavy atom. The Kier molecular flexibility index (Phi) is 5.24. The lowest BCUT2D eigenvalue weighted by Crippen LogP contribution is -2.30. The highest BCUT2D eigenvalue weighted by Gasteiger charge is 2.02. The first-order valence-corrected chi connectivity index (χ1v) is 5.61. The molecule has 0 unspecified atom stereocenters. The largest absolute Gasteiger partial charge is 0.373 e. The number of nitrogens with one attached hydrogen (secondary N) is 1. The molecule has 0 aliphatic carbocycles. The molecule has 5 nitrogen and oxygen atoms in total. The van der Waals surface area contributed by atoms with Gasteiger partial charge in [0.05, 0.1) is 25.0 Å². The molecule has 1 N–H and O–H groups in total. The Hall–Kier alpha value is -1.80. The van der Waals surface area contributed by atoms with Crippen LogP contribution in [0.4, 0.5) is 5.69 Å². The second-order valence-electron chi connectivity index (χ2n) is 3.67. The number of terminal acetylenes is 1. The highest BCUT2D eigenvalue weighted by Crippen LogP contribution is 2.05. The third-order valence-electron chi connectivity index (χ3n) is 2.50. The molecule has 0 fully saturated rings. The smallest absolute Gasteiger partial charge is 0.268 e. The summed E-state index contributed by atoms with van der Waals surface area (Å²) in [5, 5.41) is 7.13. The lowest BCUT2D eigenvalue weighted by molar-refractivity contribution is 0.547. The summed E-state index contributed by atoms with van der Waals surface area (Å²) in [5.41, 5.74) is 0.746. The minimum atomic E-state index is -0.0923. The van der Waals surface area contributed by atoms with Crippen LogP contribution < -0.4 is 15.8 Å². The van der Waals surface area contributed by atoms with E-state index in [2.05, 4.69) is 16.3 Å². The summed E-state index contributed by atoms with van der Waals surface area (Å²) in [5.74, 6) is 2.47. The molecule has 0 saturated carbocycles. The first-order valence-electron chi connectivity index (χ1n) is 5.61. The summed E-state index contributed by atoms with van der Waals surface area (Å²) in [6, 6.07) is 1.59. The van der Waals surface area contributed by atoms with E-state index in [9.17, 15) is 4.79 Å². The van der Waals surface area contributed by atoms with Crippen LogP contribution in [0, 0.1) is 12.3 Å². The summed E-state index contributed by atoms with van der Waals surface area (Å²) < 4.78 is 1.43. The van der Waals surface area contributed by atoms with Crippen LogP contribution in [0.5, 0.6) is 0 Å². The number of rotatable bonds is 6. The van der Waals surface area contributed by atoms with E-state index in [-0.39, 0.29) is 5.56 Å². The average Bonchev–Trinajstić information content (AvgIpc) is 2.35. The van der Waals surface area contributed by atoms with E-state index in [1.165, 1.54) is 4.68 Å². The van der Waals surface area contributed by atoms with Gasteiger partial charge in [-0.25, -0.2) is 4.68 Å². The molecule has 0 bridgehead atoms. The van der Waals surface area contributed by atoms with Gasteiger partial charge in [-0.3, -0.25) is 4.79 Å². The van der Waals surface area contributed by atoms with Gasteiger partial charge in [-0.05, 0) is 6.92 Å². The Morgan fingerprint density at radius 1 is 1.65 bits per heavy atom. The normalized spacial score (nSPS) is 9.94. The van der Waals surface area contributed by atoms with E-state index in [4.69, 9.17) is 6.42 Å². The molecule has 92 valence electrons. The summed E-state index contributed by atoms with van der Waals surface area (Å²) in [7, 11) is 1.93. The first-order chi connectivity index (χ1) is 8.19. The van der Waals surface area contributed by atoms with Crippen LogP contribution in [0.15, 0.2) is 17.1 Å². The van der Waals surface area contributed by atoms with Crippen molar-refractivity contribution in [3.8, 4) is 12.3 Å². The quantitative estimate of drug-likeness (QED) is 0.552. The number of nitrogens with zero attached hydrogens (tertiary/aromatic N) is 3. The molecule has 17 heavy (non-hydrogen) atoms. The Labute approximate surface area is 101 Å². The van der Waals surface area contributed by atoms with E-state index in [0.717, 1.165) is 12.2 Å². The van der Waals surface area contributed by atoms with Crippen molar-refractivity contribution < 1.29 is 0 Å². The van der Waals surface area contributed by atoms with Gasteiger partial charge < -0.3 is 10.2 Å². The summed E-state index contributed by atoms with van der Waals surface area (Å²) in [6.45, 7) is 4.53. The number of anilines is 1. The van der Waals surface area contributed by atoms with Gasteiger partial charge in [0.15, 0.2) is 0 Å². The SMILES string of the molecule is C#CCNCCn1ncc(N(C)CC)cc1=O. The Balaban J connectivity index is 2.64. The van der Waals surface area contributed by atoms with Crippen LogP contribution in [0.3, 0.4) is 0 Å². The van der Waals surface area contributed by atoms with Crippen LogP contribution >= 0.6 is 0 Å². The molecule has 5 heteroatoms. The number of hydrogen-bond donors (Lipinski definition) is 1. The van der Waals surface area contributed by atoms with Gasteiger partial charge in [0.2, 0.25) is 0 Å². The highest BCUT2D eigenvalue weighted by atomic mass is 16.1. The van der Waals surface area contributed by atoms with Crippen LogP contribution in [-0.4, -0.2) is 36.5 Å². The predicted octanol–water partition coefficient (Wildman–Crippen LogP) is -0.0778. The zero-order chi connectivity index (χ0) is 12.7. The Morgan fingerprint density at radius 2 is 2.41 bits per heavy atom. The van der Waals surface area contributed by atoms with Gasteiger partial charge in [0.25, 0.3) is 5.56 Å². The van der Waals surface area contributed by atoms with Crippen molar-refractivity contribution in [2.75, 3.05) is 31.6 Å². The molecular formula is C12H18N4O. The van der Waals surface area contributed by atoms with Gasteiger partial charge in [-0.2, -0.15) is 5.10 Å². The molecule has 0 radical (unpaired) electrons. The molecule has 1 rings (SSSR count).